The van der Waals surface area contributed by atoms with Crippen LogP contribution in [0.25, 0.3) is 77.1 Å². The van der Waals surface area contributed by atoms with Crippen LogP contribution in [-0.2, 0) is 0 Å². The second kappa shape index (κ2) is 9.94. The molecule has 0 N–H and O–H groups in total. The highest BCUT2D eigenvalue weighted by atomic mass is 14.8. The molecular formula is C36H22N6. The summed E-state index contributed by atoms with van der Waals surface area (Å²) in [5.74, 6) is 0. The van der Waals surface area contributed by atoms with Gasteiger partial charge in [-0.2, -0.15) is 0 Å². The molecule has 0 fully saturated rings. The third-order valence-electron chi connectivity index (χ3n) is 7.74. The molecule has 0 amide bonds. The molecule has 6 nitrogen and oxygen atoms in total. The lowest BCUT2D eigenvalue weighted by Gasteiger charge is -2.13. The lowest BCUT2D eigenvalue weighted by molar-refractivity contribution is 1.16. The average molecular weight is 539 g/mol. The van der Waals surface area contributed by atoms with Gasteiger partial charge < -0.3 is 0 Å². The van der Waals surface area contributed by atoms with Crippen molar-refractivity contribution in [3.8, 4) is 44.8 Å². The lowest BCUT2D eigenvalue weighted by Crippen LogP contribution is -1.89. The standard InChI is InChI=1S/C36H22N6/c1-2-4-30-29(3-1)33-13-23(25-7-11-35(41-19-25)27-15-37-21-38-16-27)5-9-31(33)32-10-6-24(14-34(30)32)26-8-12-36(42-20-26)28-17-39-22-40-18-28/h1-22H. The van der Waals surface area contributed by atoms with Gasteiger partial charge in [-0.15, -0.1) is 0 Å². The maximum atomic E-state index is 4.69. The van der Waals surface area contributed by atoms with E-state index in [1.165, 1.54) is 45.0 Å². The van der Waals surface area contributed by atoms with Crippen molar-refractivity contribution in [2.45, 2.75) is 0 Å². The van der Waals surface area contributed by atoms with Gasteiger partial charge in [0, 0.05) is 59.4 Å². The molecule has 0 spiro atoms. The SMILES string of the molecule is c1ccc2c(c1)c1cc(-c3ccc(-c4cncnc4)nc3)ccc1c1ccc(-c3ccc(-c4cncnc4)nc3)cc21. The van der Waals surface area contributed by atoms with Gasteiger partial charge in [-0.3, -0.25) is 9.97 Å². The van der Waals surface area contributed by atoms with Crippen molar-refractivity contribution in [3.63, 3.8) is 0 Å². The molecule has 4 aromatic heterocycles. The zero-order chi connectivity index (χ0) is 27.9. The average Bonchev–Trinajstić information content (AvgIpc) is 3.09. The summed E-state index contributed by atoms with van der Waals surface area (Å²) in [5.41, 5.74) is 7.89. The van der Waals surface area contributed by atoms with Gasteiger partial charge in [0.2, 0.25) is 0 Å². The second-order valence-electron chi connectivity index (χ2n) is 10.2. The van der Waals surface area contributed by atoms with E-state index in [4.69, 9.17) is 0 Å². The van der Waals surface area contributed by atoms with Crippen LogP contribution in [0.4, 0.5) is 0 Å². The minimum atomic E-state index is 0.853. The highest BCUT2D eigenvalue weighted by Gasteiger charge is 2.12. The fraction of sp³-hybridized carbons (Fsp3) is 0. The number of rotatable bonds is 4. The zero-order valence-corrected chi connectivity index (χ0v) is 22.4. The van der Waals surface area contributed by atoms with Crippen LogP contribution in [0.2, 0.25) is 0 Å². The Hall–Kier alpha value is -5.88. The number of nitrogens with zero attached hydrogens (tertiary/aromatic N) is 6. The topological polar surface area (TPSA) is 77.3 Å². The molecule has 0 unspecified atom stereocenters. The predicted octanol–water partition coefficient (Wildman–Crippen LogP) is 8.18. The van der Waals surface area contributed by atoms with Crippen molar-refractivity contribution in [3.05, 3.63) is 135 Å². The summed E-state index contributed by atoms with van der Waals surface area (Å²) in [6.45, 7) is 0. The smallest absolute Gasteiger partial charge is 0.115 e. The Morgan fingerprint density at radius 1 is 0.310 bits per heavy atom. The van der Waals surface area contributed by atoms with Crippen LogP contribution >= 0.6 is 0 Å². The molecule has 0 saturated carbocycles. The monoisotopic (exact) mass is 538 g/mol. The number of hydrogen-bond acceptors (Lipinski definition) is 6. The molecular weight excluding hydrogens is 516 g/mol. The molecule has 0 saturated heterocycles. The molecule has 42 heavy (non-hydrogen) atoms. The van der Waals surface area contributed by atoms with E-state index in [0.29, 0.717) is 0 Å². The summed E-state index contributed by atoms with van der Waals surface area (Å²) in [7, 11) is 0. The quantitative estimate of drug-likeness (QED) is 0.210. The summed E-state index contributed by atoms with van der Waals surface area (Å²) in [6.07, 6.45) is 14.0. The van der Waals surface area contributed by atoms with E-state index in [1.54, 1.807) is 24.8 Å². The molecule has 0 radical (unpaired) electrons. The molecule has 4 heterocycles. The molecule has 0 aliphatic rings. The third-order valence-corrected chi connectivity index (χ3v) is 7.74. The normalized spacial score (nSPS) is 11.3. The fourth-order valence-electron chi connectivity index (χ4n) is 5.65. The summed E-state index contributed by atoms with van der Waals surface area (Å²) < 4.78 is 0. The minimum absolute atomic E-state index is 0.853. The van der Waals surface area contributed by atoms with Crippen molar-refractivity contribution in [1.82, 2.24) is 29.9 Å². The van der Waals surface area contributed by atoms with E-state index in [2.05, 4.69) is 103 Å². The van der Waals surface area contributed by atoms with E-state index in [0.717, 1.165) is 44.8 Å². The fourth-order valence-corrected chi connectivity index (χ4v) is 5.65. The molecule has 6 heteroatoms. The highest BCUT2D eigenvalue weighted by Crippen LogP contribution is 2.39. The van der Waals surface area contributed by atoms with Gasteiger partial charge in [0.15, 0.2) is 0 Å². The Labute approximate surface area is 241 Å². The van der Waals surface area contributed by atoms with E-state index in [9.17, 15) is 0 Å². The van der Waals surface area contributed by atoms with Gasteiger partial charge in [-0.05, 0) is 67.7 Å². The van der Waals surface area contributed by atoms with Gasteiger partial charge in [0.1, 0.15) is 12.7 Å². The Bertz CT molecular complexity index is 2030. The van der Waals surface area contributed by atoms with Crippen molar-refractivity contribution in [2.24, 2.45) is 0 Å². The molecule has 0 aliphatic carbocycles. The summed E-state index contributed by atoms with van der Waals surface area (Å²) >= 11 is 0. The van der Waals surface area contributed by atoms with Gasteiger partial charge in [-0.1, -0.05) is 60.7 Å². The first-order valence-electron chi connectivity index (χ1n) is 13.6. The number of benzene rings is 4. The molecule has 8 aromatic rings. The number of fused-ring (bicyclic) bond motifs is 6. The van der Waals surface area contributed by atoms with Gasteiger partial charge in [0.05, 0.1) is 11.4 Å². The Morgan fingerprint density at radius 2 is 0.714 bits per heavy atom. The van der Waals surface area contributed by atoms with Crippen LogP contribution in [0.15, 0.2) is 135 Å². The van der Waals surface area contributed by atoms with E-state index in [1.807, 2.05) is 24.5 Å². The lowest BCUT2D eigenvalue weighted by atomic mass is 9.90. The Balaban J connectivity index is 1.22. The van der Waals surface area contributed by atoms with Crippen LogP contribution in [0, 0.1) is 0 Å². The number of aromatic nitrogens is 6. The minimum Gasteiger partial charge on any atom is -0.255 e. The summed E-state index contributed by atoms with van der Waals surface area (Å²) in [5, 5.41) is 7.34. The second-order valence-corrected chi connectivity index (χ2v) is 10.2. The van der Waals surface area contributed by atoms with Crippen molar-refractivity contribution in [1.29, 1.82) is 0 Å². The first-order valence-corrected chi connectivity index (χ1v) is 13.6. The van der Waals surface area contributed by atoms with Crippen LogP contribution in [0.3, 0.4) is 0 Å². The van der Waals surface area contributed by atoms with Crippen LogP contribution < -0.4 is 0 Å². The van der Waals surface area contributed by atoms with E-state index < -0.39 is 0 Å². The van der Waals surface area contributed by atoms with Crippen LogP contribution in [-0.4, -0.2) is 29.9 Å². The van der Waals surface area contributed by atoms with Crippen molar-refractivity contribution in [2.75, 3.05) is 0 Å². The van der Waals surface area contributed by atoms with Crippen LogP contribution in [0.1, 0.15) is 0 Å². The number of pyridine rings is 2. The maximum absolute atomic E-state index is 4.69. The summed E-state index contributed by atoms with van der Waals surface area (Å²) in [6, 6.07) is 30.3. The van der Waals surface area contributed by atoms with E-state index >= 15 is 0 Å². The zero-order valence-electron chi connectivity index (χ0n) is 22.4. The van der Waals surface area contributed by atoms with Gasteiger partial charge in [-0.25, -0.2) is 19.9 Å². The molecule has 196 valence electrons. The first kappa shape index (κ1) is 24.0. The first-order chi connectivity index (χ1) is 20.8. The Morgan fingerprint density at radius 3 is 1.12 bits per heavy atom. The number of hydrogen-bond donors (Lipinski definition) is 0. The van der Waals surface area contributed by atoms with Crippen LogP contribution in [0.5, 0.6) is 0 Å². The van der Waals surface area contributed by atoms with Crippen molar-refractivity contribution < 1.29 is 0 Å². The highest BCUT2D eigenvalue weighted by molar-refractivity contribution is 6.26. The van der Waals surface area contributed by atoms with Crippen molar-refractivity contribution >= 4 is 32.3 Å². The molecule has 4 aromatic carbocycles. The molecule has 0 bridgehead atoms. The van der Waals surface area contributed by atoms with Gasteiger partial charge in [0.25, 0.3) is 0 Å². The third kappa shape index (κ3) is 4.14. The Kier molecular flexibility index (Phi) is 5.67. The van der Waals surface area contributed by atoms with Gasteiger partial charge >= 0.3 is 0 Å². The van der Waals surface area contributed by atoms with E-state index in [-0.39, 0.29) is 0 Å². The predicted molar refractivity (Wildman–Crippen MR) is 167 cm³/mol. The largest absolute Gasteiger partial charge is 0.255 e. The molecule has 8 rings (SSSR count). The summed E-state index contributed by atoms with van der Waals surface area (Å²) in [4.78, 5) is 25.8. The maximum Gasteiger partial charge on any atom is 0.115 e. The molecule has 0 aliphatic heterocycles. The molecule has 0 atom stereocenters.